The fourth-order valence-electron chi connectivity index (χ4n) is 2.25. The van der Waals surface area contributed by atoms with E-state index in [2.05, 4.69) is 4.98 Å². The van der Waals surface area contributed by atoms with Crippen molar-refractivity contribution in [2.75, 3.05) is 0 Å². The van der Waals surface area contributed by atoms with Crippen LogP contribution in [0.3, 0.4) is 0 Å². The molecule has 1 aromatic heterocycles. The van der Waals surface area contributed by atoms with E-state index in [-0.39, 0.29) is 25.1 Å². The molecule has 23 heavy (non-hydrogen) atoms. The predicted molar refractivity (Wildman–Crippen MR) is 88.2 cm³/mol. The molecule has 3 rings (SSSR count). The summed E-state index contributed by atoms with van der Waals surface area (Å²) in [6.07, 6.45) is 0. The fraction of sp³-hybridized carbons (Fsp3) is 0. The predicted octanol–water partition coefficient (Wildman–Crippen LogP) is 3.56. The molecule has 0 bridgehead atoms. The smallest absolute Gasteiger partial charge is 0.306 e. The third kappa shape index (κ3) is 2.65. The van der Waals surface area contributed by atoms with Crippen molar-refractivity contribution < 1.29 is 13.2 Å². The fourth-order valence-corrected chi connectivity index (χ4v) is 3.69. The Morgan fingerprint density at radius 3 is 2.17 bits per heavy atom. The van der Waals surface area contributed by atoms with Crippen LogP contribution in [0.5, 0.6) is 0 Å². The molecule has 0 atom stereocenters. The summed E-state index contributed by atoms with van der Waals surface area (Å²) >= 11 is 7.77. The van der Waals surface area contributed by atoms with Gasteiger partial charge in [-0.25, -0.2) is 18.0 Å². The molecular formula is C14H5ClF3IN2O2. The maximum absolute atomic E-state index is 14.0. The molecule has 0 fully saturated rings. The lowest BCUT2D eigenvalue weighted by Crippen LogP contribution is -2.22. The van der Waals surface area contributed by atoms with Gasteiger partial charge in [-0.1, -0.05) is 11.6 Å². The summed E-state index contributed by atoms with van der Waals surface area (Å²) in [5, 5.41) is -0.0467. The number of benzene rings is 2. The molecule has 0 saturated heterocycles. The minimum atomic E-state index is -1.14. The molecule has 0 aliphatic rings. The molecule has 0 saturated carbocycles. The number of H-pyrrole nitrogens is 2. The van der Waals surface area contributed by atoms with Gasteiger partial charge < -0.3 is 4.98 Å². The largest absolute Gasteiger partial charge is 0.326 e. The lowest BCUT2D eigenvalue weighted by Gasteiger charge is -2.12. The van der Waals surface area contributed by atoms with Crippen LogP contribution < -0.4 is 11.2 Å². The first-order valence-corrected chi connectivity index (χ1v) is 7.54. The van der Waals surface area contributed by atoms with E-state index < -0.39 is 34.3 Å². The van der Waals surface area contributed by atoms with Gasteiger partial charge in [0.15, 0.2) is 0 Å². The van der Waals surface area contributed by atoms with Crippen LogP contribution in [0.4, 0.5) is 13.2 Å². The molecule has 0 amide bonds. The Morgan fingerprint density at radius 2 is 1.57 bits per heavy atom. The van der Waals surface area contributed by atoms with Gasteiger partial charge in [0, 0.05) is 21.3 Å². The third-order valence-corrected chi connectivity index (χ3v) is 4.56. The molecular weight excluding hydrogens is 448 g/mol. The van der Waals surface area contributed by atoms with E-state index in [1.165, 1.54) is 6.07 Å². The van der Waals surface area contributed by atoms with E-state index in [0.717, 1.165) is 0 Å². The zero-order valence-electron chi connectivity index (χ0n) is 10.9. The molecule has 2 N–H and O–H groups in total. The molecule has 0 unspecified atom stereocenters. The minimum absolute atomic E-state index is 0.0608. The van der Waals surface area contributed by atoms with Gasteiger partial charge in [0.2, 0.25) is 0 Å². The third-order valence-electron chi connectivity index (χ3n) is 3.19. The van der Waals surface area contributed by atoms with Crippen LogP contribution in [0.15, 0.2) is 27.8 Å². The summed E-state index contributed by atoms with van der Waals surface area (Å²) < 4.78 is 41.3. The Labute approximate surface area is 144 Å². The molecule has 1 heterocycles. The number of hydrogen-bond acceptors (Lipinski definition) is 2. The van der Waals surface area contributed by atoms with Gasteiger partial charge in [-0.05, 0) is 28.7 Å². The van der Waals surface area contributed by atoms with Crippen molar-refractivity contribution in [3.63, 3.8) is 0 Å². The zero-order chi connectivity index (χ0) is 16.9. The van der Waals surface area contributed by atoms with E-state index >= 15 is 0 Å². The van der Waals surface area contributed by atoms with Crippen LogP contribution in [-0.2, 0) is 0 Å². The average molecular weight is 453 g/mol. The van der Waals surface area contributed by atoms with Crippen molar-refractivity contribution in [1.82, 2.24) is 9.97 Å². The van der Waals surface area contributed by atoms with Crippen molar-refractivity contribution in [3.8, 4) is 11.1 Å². The lowest BCUT2D eigenvalue weighted by molar-refractivity contribution is 0.548. The number of aromatic nitrogens is 2. The van der Waals surface area contributed by atoms with Gasteiger partial charge in [-0.15, -0.1) is 0 Å². The maximum atomic E-state index is 14.0. The first-order chi connectivity index (χ1) is 10.8. The molecule has 0 radical (unpaired) electrons. The molecule has 3 aromatic rings. The Kier molecular flexibility index (Phi) is 3.96. The summed E-state index contributed by atoms with van der Waals surface area (Å²) in [5.41, 5.74) is -1.98. The minimum Gasteiger partial charge on any atom is -0.306 e. The van der Waals surface area contributed by atoms with Crippen LogP contribution in [0, 0.1) is 21.0 Å². The number of fused-ring (bicyclic) bond motifs is 1. The summed E-state index contributed by atoms with van der Waals surface area (Å²) in [4.78, 5) is 27.6. The number of aromatic amines is 2. The SMILES string of the molecule is O=c1[nH]c(=O)c2cc(Cl)c(-c3c(F)cc(F)cc3F)c(I)c2[nH]1. The summed E-state index contributed by atoms with van der Waals surface area (Å²) in [6.45, 7) is 0. The van der Waals surface area contributed by atoms with E-state index in [4.69, 9.17) is 11.6 Å². The quantitative estimate of drug-likeness (QED) is 0.555. The molecule has 0 aliphatic heterocycles. The van der Waals surface area contributed by atoms with Crippen LogP contribution in [0.2, 0.25) is 5.02 Å². The topological polar surface area (TPSA) is 65.7 Å². The highest BCUT2D eigenvalue weighted by Crippen LogP contribution is 2.38. The van der Waals surface area contributed by atoms with Gasteiger partial charge in [0.1, 0.15) is 17.5 Å². The summed E-state index contributed by atoms with van der Waals surface area (Å²) in [6, 6.07) is 2.23. The highest BCUT2D eigenvalue weighted by molar-refractivity contribution is 14.1. The Hall–Kier alpha value is -1.81. The van der Waals surface area contributed by atoms with Gasteiger partial charge in [0.05, 0.1) is 21.5 Å². The van der Waals surface area contributed by atoms with Gasteiger partial charge in [-0.2, -0.15) is 0 Å². The van der Waals surface area contributed by atoms with E-state index in [0.29, 0.717) is 12.1 Å². The highest BCUT2D eigenvalue weighted by Gasteiger charge is 2.21. The Morgan fingerprint density at radius 1 is 0.957 bits per heavy atom. The second kappa shape index (κ2) is 5.68. The molecule has 0 aliphatic carbocycles. The molecule has 118 valence electrons. The molecule has 4 nitrogen and oxygen atoms in total. The summed E-state index contributed by atoms with van der Waals surface area (Å²) in [5.74, 6) is -3.36. The van der Waals surface area contributed by atoms with Crippen molar-refractivity contribution in [1.29, 1.82) is 0 Å². The van der Waals surface area contributed by atoms with Crippen molar-refractivity contribution >= 4 is 45.1 Å². The van der Waals surface area contributed by atoms with E-state index in [9.17, 15) is 22.8 Å². The molecule has 2 aromatic carbocycles. The second-order valence-electron chi connectivity index (χ2n) is 4.62. The highest BCUT2D eigenvalue weighted by atomic mass is 127. The molecule has 0 spiro atoms. The van der Waals surface area contributed by atoms with Crippen LogP contribution >= 0.6 is 34.2 Å². The standard InChI is InChI=1S/C14H5ClF3IN2O2/c15-6-3-5-12(20-14(23)21-13(5)22)11(19)9(6)10-7(17)1-4(16)2-8(10)18/h1-3H,(H2,20,21,22,23). The first-order valence-electron chi connectivity index (χ1n) is 6.09. The monoisotopic (exact) mass is 452 g/mol. The van der Waals surface area contributed by atoms with Crippen molar-refractivity contribution in [2.24, 2.45) is 0 Å². The van der Waals surface area contributed by atoms with Crippen LogP contribution in [0.1, 0.15) is 0 Å². The zero-order valence-corrected chi connectivity index (χ0v) is 13.9. The second-order valence-corrected chi connectivity index (χ2v) is 6.11. The average Bonchev–Trinajstić information content (AvgIpc) is 2.43. The molecule has 9 heteroatoms. The number of halogens is 5. The van der Waals surface area contributed by atoms with Crippen molar-refractivity contribution in [3.05, 3.63) is 65.1 Å². The van der Waals surface area contributed by atoms with Gasteiger partial charge in [0.25, 0.3) is 5.56 Å². The van der Waals surface area contributed by atoms with E-state index in [1.807, 2.05) is 4.98 Å². The Bertz CT molecular complexity index is 1060. The number of hydrogen-bond donors (Lipinski definition) is 2. The number of nitrogens with one attached hydrogen (secondary N) is 2. The van der Waals surface area contributed by atoms with Gasteiger partial charge >= 0.3 is 5.69 Å². The van der Waals surface area contributed by atoms with Crippen molar-refractivity contribution in [2.45, 2.75) is 0 Å². The van der Waals surface area contributed by atoms with E-state index in [1.54, 1.807) is 22.6 Å². The number of rotatable bonds is 1. The van der Waals surface area contributed by atoms with Crippen LogP contribution in [0.25, 0.3) is 22.0 Å². The Balaban J connectivity index is 2.49. The lowest BCUT2D eigenvalue weighted by atomic mass is 10.0. The first kappa shape index (κ1) is 16.1. The maximum Gasteiger partial charge on any atom is 0.326 e. The normalized spacial score (nSPS) is 11.2. The van der Waals surface area contributed by atoms with Gasteiger partial charge in [-0.3, -0.25) is 9.78 Å². The summed E-state index contributed by atoms with van der Waals surface area (Å²) in [7, 11) is 0. The van der Waals surface area contributed by atoms with Crippen LogP contribution in [-0.4, -0.2) is 9.97 Å².